The van der Waals surface area contributed by atoms with Crippen LogP contribution in [0.2, 0.25) is 0 Å². The fourth-order valence-corrected chi connectivity index (χ4v) is 3.85. The minimum absolute atomic E-state index is 0.00444. The molecule has 1 saturated carbocycles. The van der Waals surface area contributed by atoms with E-state index in [0.717, 1.165) is 37.8 Å². The monoisotopic (exact) mass is 416 g/mol. The molecule has 2 aromatic carbocycles. The molecule has 156 valence electrons. The molecule has 0 saturated heterocycles. The summed E-state index contributed by atoms with van der Waals surface area (Å²) < 4.78 is 95.9. The summed E-state index contributed by atoms with van der Waals surface area (Å²) in [5, 5.41) is 0. The highest BCUT2D eigenvalue weighted by Crippen LogP contribution is 2.40. The maximum atomic E-state index is 14.7. The summed E-state index contributed by atoms with van der Waals surface area (Å²) in [4.78, 5) is 0. The van der Waals surface area contributed by atoms with Crippen molar-refractivity contribution in [3.8, 4) is 11.1 Å². The maximum Gasteiger partial charge on any atom is 0.416 e. The highest BCUT2D eigenvalue weighted by atomic mass is 19.4. The van der Waals surface area contributed by atoms with Crippen LogP contribution >= 0.6 is 0 Å². The van der Waals surface area contributed by atoms with Crippen LogP contribution in [0.5, 0.6) is 0 Å². The van der Waals surface area contributed by atoms with Crippen molar-refractivity contribution in [1.82, 2.24) is 0 Å². The topological polar surface area (TPSA) is 0 Å². The van der Waals surface area contributed by atoms with Crippen molar-refractivity contribution in [3.05, 3.63) is 65.2 Å². The fourth-order valence-electron chi connectivity index (χ4n) is 3.85. The number of halogens is 7. The van der Waals surface area contributed by atoms with Crippen LogP contribution in [0, 0.1) is 29.2 Å². The minimum atomic E-state index is -5.04. The number of allylic oxidation sites excluding steroid dienone is 1. The molecule has 0 N–H and O–H groups in total. The summed E-state index contributed by atoms with van der Waals surface area (Å²) in [7, 11) is 0. The van der Waals surface area contributed by atoms with Gasteiger partial charge in [0.2, 0.25) is 0 Å². The predicted octanol–water partition coefficient (Wildman–Crippen LogP) is 7.78. The van der Waals surface area contributed by atoms with Gasteiger partial charge in [0.25, 0.3) is 0 Å². The van der Waals surface area contributed by atoms with Gasteiger partial charge in [0.15, 0.2) is 0 Å². The van der Waals surface area contributed by atoms with E-state index in [4.69, 9.17) is 0 Å². The van der Waals surface area contributed by atoms with Crippen molar-refractivity contribution in [3.63, 3.8) is 0 Å². The van der Waals surface area contributed by atoms with Gasteiger partial charge in [0.1, 0.15) is 23.3 Å². The highest BCUT2D eigenvalue weighted by molar-refractivity contribution is 5.73. The van der Waals surface area contributed by atoms with Crippen molar-refractivity contribution in [2.24, 2.45) is 5.92 Å². The molecule has 1 aliphatic rings. The third-order valence-corrected chi connectivity index (χ3v) is 5.53. The maximum absolute atomic E-state index is 14.7. The first kappa shape index (κ1) is 21.4. The molecular weight excluding hydrogens is 397 g/mol. The normalized spacial score (nSPS) is 20.0. The van der Waals surface area contributed by atoms with Crippen LogP contribution in [0.25, 0.3) is 16.7 Å². The summed E-state index contributed by atoms with van der Waals surface area (Å²) in [6, 6.07) is 3.24. The van der Waals surface area contributed by atoms with Crippen molar-refractivity contribution in [1.29, 1.82) is 0 Å². The average Bonchev–Trinajstić information content (AvgIpc) is 2.60. The number of hydrogen-bond acceptors (Lipinski definition) is 0. The molecule has 1 aliphatic carbocycles. The van der Waals surface area contributed by atoms with Gasteiger partial charge in [-0.2, -0.15) is 13.2 Å². The zero-order valence-corrected chi connectivity index (χ0v) is 15.6. The summed E-state index contributed by atoms with van der Waals surface area (Å²) >= 11 is 0. The van der Waals surface area contributed by atoms with Gasteiger partial charge >= 0.3 is 6.18 Å². The van der Waals surface area contributed by atoms with E-state index in [2.05, 4.69) is 13.5 Å². The van der Waals surface area contributed by atoms with Crippen LogP contribution in [-0.2, 0) is 0 Å². The van der Waals surface area contributed by atoms with Crippen molar-refractivity contribution in [2.45, 2.75) is 44.7 Å². The molecule has 0 nitrogen and oxygen atoms in total. The zero-order chi connectivity index (χ0) is 21.5. The highest BCUT2D eigenvalue weighted by Gasteiger charge is 2.36. The quantitative estimate of drug-likeness (QED) is 0.448. The standard InChI is InChI=1S/C22H19F7/c1-11-3-5-13(6-4-11)14-7-18(25)21(19(26)8-14)15-9-16(23)20(17(24)10-15)12(2)22(27,28)29/h7-11,13H,2-6H2,1H3. The van der Waals surface area contributed by atoms with E-state index < -0.39 is 51.7 Å². The molecule has 2 aromatic rings. The second kappa shape index (κ2) is 7.84. The molecule has 0 aromatic heterocycles. The van der Waals surface area contributed by atoms with Gasteiger partial charge in [-0.1, -0.05) is 26.3 Å². The number of benzene rings is 2. The van der Waals surface area contributed by atoms with E-state index in [9.17, 15) is 30.7 Å². The lowest BCUT2D eigenvalue weighted by Gasteiger charge is -2.26. The van der Waals surface area contributed by atoms with Gasteiger partial charge in [0.05, 0.1) is 16.7 Å². The third-order valence-electron chi connectivity index (χ3n) is 5.53. The molecule has 0 atom stereocenters. The van der Waals surface area contributed by atoms with Gasteiger partial charge in [0, 0.05) is 0 Å². The van der Waals surface area contributed by atoms with E-state index in [1.165, 1.54) is 0 Å². The summed E-state index contributed by atoms with van der Waals surface area (Å²) in [6.07, 6.45) is -1.58. The van der Waals surface area contributed by atoms with Gasteiger partial charge in [-0.25, -0.2) is 17.6 Å². The smallest absolute Gasteiger partial charge is 0.206 e. The lowest BCUT2D eigenvalue weighted by Crippen LogP contribution is -2.13. The molecule has 7 heteroatoms. The van der Waals surface area contributed by atoms with Crippen molar-refractivity contribution in [2.75, 3.05) is 0 Å². The van der Waals surface area contributed by atoms with E-state index in [1.54, 1.807) is 0 Å². The van der Waals surface area contributed by atoms with E-state index in [1.807, 2.05) is 0 Å². The van der Waals surface area contributed by atoms with Crippen LogP contribution in [0.4, 0.5) is 30.7 Å². The SMILES string of the molecule is C=C(c1c(F)cc(-c2c(F)cc(C3CCC(C)CC3)cc2F)cc1F)C(F)(F)F. The Hall–Kier alpha value is -2.31. The first-order chi connectivity index (χ1) is 13.5. The first-order valence-corrected chi connectivity index (χ1v) is 9.23. The average molecular weight is 416 g/mol. The lowest BCUT2D eigenvalue weighted by atomic mass is 9.79. The Balaban J connectivity index is 2.00. The number of hydrogen-bond donors (Lipinski definition) is 0. The molecule has 0 heterocycles. The molecule has 0 amide bonds. The van der Waals surface area contributed by atoms with Crippen molar-refractivity contribution < 1.29 is 30.7 Å². The van der Waals surface area contributed by atoms with Crippen LogP contribution in [0.15, 0.2) is 30.8 Å². The van der Waals surface area contributed by atoms with Crippen LogP contribution < -0.4 is 0 Å². The molecule has 0 unspecified atom stereocenters. The van der Waals surface area contributed by atoms with E-state index in [0.29, 0.717) is 23.6 Å². The van der Waals surface area contributed by atoms with E-state index >= 15 is 0 Å². The van der Waals surface area contributed by atoms with Crippen molar-refractivity contribution >= 4 is 5.57 Å². The Morgan fingerprint density at radius 1 is 0.828 bits per heavy atom. The van der Waals surface area contributed by atoms with Gasteiger partial charge in [-0.15, -0.1) is 0 Å². The fraction of sp³-hybridized carbons (Fsp3) is 0.364. The summed E-state index contributed by atoms with van der Waals surface area (Å²) in [5.41, 5.74) is -3.80. The lowest BCUT2D eigenvalue weighted by molar-refractivity contribution is -0.0690. The first-order valence-electron chi connectivity index (χ1n) is 9.23. The van der Waals surface area contributed by atoms with Gasteiger partial charge in [-0.3, -0.25) is 0 Å². The Morgan fingerprint density at radius 2 is 1.31 bits per heavy atom. The minimum Gasteiger partial charge on any atom is -0.206 e. The Labute approximate surface area is 164 Å². The van der Waals surface area contributed by atoms with Crippen LogP contribution in [0.1, 0.15) is 49.7 Å². The zero-order valence-electron chi connectivity index (χ0n) is 15.6. The molecule has 0 spiro atoms. The largest absolute Gasteiger partial charge is 0.416 e. The molecular formula is C22H19F7. The van der Waals surface area contributed by atoms with Gasteiger partial charge < -0.3 is 0 Å². The molecule has 1 fully saturated rings. The second-order valence-electron chi connectivity index (χ2n) is 7.61. The third kappa shape index (κ3) is 4.33. The van der Waals surface area contributed by atoms with Crippen LogP contribution in [-0.4, -0.2) is 6.18 Å². The predicted molar refractivity (Wildman–Crippen MR) is 97.2 cm³/mol. The second-order valence-corrected chi connectivity index (χ2v) is 7.61. The van der Waals surface area contributed by atoms with Crippen LogP contribution in [0.3, 0.4) is 0 Å². The molecule has 0 aliphatic heterocycles. The molecule has 3 rings (SSSR count). The molecule has 0 bridgehead atoms. The number of rotatable bonds is 3. The van der Waals surface area contributed by atoms with E-state index in [-0.39, 0.29) is 5.92 Å². The summed E-state index contributed by atoms with van der Waals surface area (Å²) in [6.45, 7) is 4.78. The number of alkyl halides is 3. The Morgan fingerprint density at radius 3 is 1.76 bits per heavy atom. The summed E-state index contributed by atoms with van der Waals surface area (Å²) in [5.74, 6) is -4.66. The molecule has 0 radical (unpaired) electrons. The van der Waals surface area contributed by atoms with Gasteiger partial charge in [-0.05, 0) is 60.1 Å². The Bertz CT molecular complexity index is 889. The molecule has 29 heavy (non-hydrogen) atoms. The Kier molecular flexibility index (Phi) is 5.79.